The van der Waals surface area contributed by atoms with Gasteiger partial charge >= 0.3 is 5.97 Å². The van der Waals surface area contributed by atoms with Crippen molar-refractivity contribution in [1.82, 2.24) is 0 Å². The Morgan fingerprint density at radius 2 is 1.81 bits per heavy atom. The second-order valence-electron chi connectivity index (χ2n) is 7.67. The summed E-state index contributed by atoms with van der Waals surface area (Å²) in [6.45, 7) is 2.23. The molecule has 0 aromatic carbocycles. The van der Waals surface area contributed by atoms with E-state index in [9.17, 15) is 9.90 Å². The first-order valence-electron chi connectivity index (χ1n) is 10.2. The van der Waals surface area contributed by atoms with Crippen molar-refractivity contribution in [3.8, 4) is 0 Å². The largest absolute Gasteiger partial charge is 0.477 e. The zero-order valence-corrected chi connectivity index (χ0v) is 17.4. The Morgan fingerprint density at radius 1 is 1.12 bits per heavy atom. The van der Waals surface area contributed by atoms with Gasteiger partial charge in [0.05, 0.1) is 6.10 Å². The number of carboxylic acid groups (broad SMARTS) is 1. The van der Waals surface area contributed by atoms with Gasteiger partial charge in [0, 0.05) is 10.3 Å². The first-order valence-corrected chi connectivity index (χ1v) is 11.4. The lowest BCUT2D eigenvalue weighted by Gasteiger charge is -2.23. The van der Waals surface area contributed by atoms with Crippen molar-refractivity contribution in [3.05, 3.63) is 21.9 Å². The fourth-order valence-corrected chi connectivity index (χ4v) is 5.62. The average molecular weight is 401 g/mol. The molecule has 26 heavy (non-hydrogen) atoms. The molecular formula is C21H33ClO3S. The monoisotopic (exact) mass is 400 g/mol. The van der Waals surface area contributed by atoms with Crippen molar-refractivity contribution in [2.45, 2.75) is 89.0 Å². The summed E-state index contributed by atoms with van der Waals surface area (Å²) in [4.78, 5) is 12.5. The molecule has 2 N–H and O–H groups in total. The molecule has 0 bridgehead atoms. The SMILES string of the molecule is CCCCCCCCC1C(O)CC(Cl)C1CCCc1ccc(C(=O)O)s1. The molecule has 5 heteroatoms. The third kappa shape index (κ3) is 6.54. The van der Waals surface area contributed by atoms with Crippen LogP contribution in [0.1, 0.15) is 85.7 Å². The number of unbranched alkanes of at least 4 members (excludes halogenated alkanes) is 5. The Morgan fingerprint density at radius 3 is 2.50 bits per heavy atom. The predicted octanol–water partition coefficient (Wildman–Crippen LogP) is 6.12. The maximum atomic E-state index is 11.0. The van der Waals surface area contributed by atoms with E-state index >= 15 is 0 Å². The molecule has 1 aromatic heterocycles. The zero-order chi connectivity index (χ0) is 18.9. The third-order valence-electron chi connectivity index (χ3n) is 5.70. The Kier molecular flexibility index (Phi) is 9.44. The van der Waals surface area contributed by atoms with Crippen LogP contribution in [0.2, 0.25) is 0 Å². The Bertz CT molecular complexity index is 545. The van der Waals surface area contributed by atoms with Gasteiger partial charge in [-0.2, -0.15) is 0 Å². The number of halogens is 1. The van der Waals surface area contributed by atoms with Crippen LogP contribution in [-0.4, -0.2) is 27.7 Å². The van der Waals surface area contributed by atoms with Crippen LogP contribution in [0.4, 0.5) is 0 Å². The number of aliphatic hydroxyl groups is 1. The number of aliphatic hydroxyl groups excluding tert-OH is 1. The van der Waals surface area contributed by atoms with Crippen LogP contribution >= 0.6 is 22.9 Å². The lowest BCUT2D eigenvalue weighted by atomic mass is 9.85. The molecule has 0 aliphatic heterocycles. The molecule has 1 heterocycles. The highest BCUT2D eigenvalue weighted by Gasteiger charge is 2.40. The summed E-state index contributed by atoms with van der Waals surface area (Å²) in [5.41, 5.74) is 0. The quantitative estimate of drug-likeness (QED) is 0.328. The fraction of sp³-hybridized carbons (Fsp3) is 0.762. The topological polar surface area (TPSA) is 57.5 Å². The van der Waals surface area contributed by atoms with Crippen LogP contribution in [-0.2, 0) is 6.42 Å². The molecule has 148 valence electrons. The summed E-state index contributed by atoms with van der Waals surface area (Å²) in [5, 5.41) is 19.5. The van der Waals surface area contributed by atoms with Gasteiger partial charge in [-0.05, 0) is 56.1 Å². The van der Waals surface area contributed by atoms with Crippen LogP contribution < -0.4 is 0 Å². The van der Waals surface area contributed by atoms with Crippen molar-refractivity contribution < 1.29 is 15.0 Å². The zero-order valence-electron chi connectivity index (χ0n) is 15.8. The molecule has 3 nitrogen and oxygen atoms in total. The maximum absolute atomic E-state index is 11.0. The van der Waals surface area contributed by atoms with Gasteiger partial charge in [-0.25, -0.2) is 4.79 Å². The number of aryl methyl sites for hydroxylation is 1. The molecule has 1 fully saturated rings. The second kappa shape index (κ2) is 11.3. The highest BCUT2D eigenvalue weighted by molar-refractivity contribution is 7.13. The van der Waals surface area contributed by atoms with E-state index in [2.05, 4.69) is 6.92 Å². The average Bonchev–Trinajstić information content (AvgIpc) is 3.17. The predicted molar refractivity (Wildman–Crippen MR) is 109 cm³/mol. The molecule has 1 aliphatic rings. The van der Waals surface area contributed by atoms with Crippen LogP contribution in [0.5, 0.6) is 0 Å². The number of aromatic carboxylic acids is 1. The fourth-order valence-electron chi connectivity index (χ4n) is 4.23. The van der Waals surface area contributed by atoms with E-state index in [1.165, 1.54) is 49.9 Å². The van der Waals surface area contributed by atoms with Crippen molar-refractivity contribution in [2.75, 3.05) is 0 Å². The van der Waals surface area contributed by atoms with Crippen molar-refractivity contribution in [2.24, 2.45) is 11.8 Å². The molecule has 1 aliphatic carbocycles. The summed E-state index contributed by atoms with van der Waals surface area (Å²) < 4.78 is 0. The molecular weight excluding hydrogens is 368 g/mol. The normalized spacial score (nSPS) is 25.7. The summed E-state index contributed by atoms with van der Waals surface area (Å²) >= 11 is 7.91. The molecule has 4 unspecified atom stereocenters. The Hall–Kier alpha value is -0.580. The molecule has 1 aromatic rings. The minimum absolute atomic E-state index is 0.0769. The van der Waals surface area contributed by atoms with E-state index in [-0.39, 0.29) is 11.5 Å². The number of carbonyl (C=O) groups is 1. The minimum Gasteiger partial charge on any atom is -0.477 e. The summed E-state index contributed by atoms with van der Waals surface area (Å²) in [7, 11) is 0. The van der Waals surface area contributed by atoms with E-state index < -0.39 is 5.97 Å². The van der Waals surface area contributed by atoms with E-state index in [1.54, 1.807) is 6.07 Å². The van der Waals surface area contributed by atoms with E-state index in [4.69, 9.17) is 16.7 Å². The van der Waals surface area contributed by atoms with Crippen LogP contribution in [0.15, 0.2) is 12.1 Å². The van der Waals surface area contributed by atoms with E-state index in [0.29, 0.717) is 16.7 Å². The van der Waals surface area contributed by atoms with Gasteiger partial charge in [-0.1, -0.05) is 45.4 Å². The second-order valence-corrected chi connectivity index (χ2v) is 9.40. The summed E-state index contributed by atoms with van der Waals surface area (Å²) in [6.07, 6.45) is 12.2. The van der Waals surface area contributed by atoms with Gasteiger partial charge in [-0.15, -0.1) is 22.9 Å². The third-order valence-corrected chi connectivity index (χ3v) is 7.33. The number of carboxylic acids is 1. The molecule has 0 spiro atoms. The number of hydrogen-bond acceptors (Lipinski definition) is 3. The Balaban J connectivity index is 1.74. The number of hydrogen-bond donors (Lipinski definition) is 2. The lowest BCUT2D eigenvalue weighted by molar-refractivity contribution is 0.0702. The van der Waals surface area contributed by atoms with Gasteiger partial charge < -0.3 is 10.2 Å². The molecule has 2 rings (SSSR count). The van der Waals surface area contributed by atoms with Crippen LogP contribution in [0, 0.1) is 11.8 Å². The van der Waals surface area contributed by atoms with E-state index in [1.807, 2.05) is 6.07 Å². The lowest BCUT2D eigenvalue weighted by Crippen LogP contribution is -2.21. The summed E-state index contributed by atoms with van der Waals surface area (Å²) in [6, 6.07) is 3.61. The van der Waals surface area contributed by atoms with Crippen molar-refractivity contribution in [1.29, 1.82) is 0 Å². The van der Waals surface area contributed by atoms with Crippen molar-refractivity contribution >= 4 is 28.9 Å². The van der Waals surface area contributed by atoms with Gasteiger partial charge in [0.25, 0.3) is 0 Å². The first kappa shape index (κ1) is 21.7. The molecule has 1 saturated carbocycles. The van der Waals surface area contributed by atoms with E-state index in [0.717, 1.165) is 37.0 Å². The highest BCUT2D eigenvalue weighted by Crippen LogP contribution is 2.42. The van der Waals surface area contributed by atoms with Crippen molar-refractivity contribution in [3.63, 3.8) is 0 Å². The van der Waals surface area contributed by atoms with Crippen LogP contribution in [0.3, 0.4) is 0 Å². The number of thiophene rings is 1. The summed E-state index contributed by atoms with van der Waals surface area (Å²) in [5.74, 6) is -0.122. The first-order chi connectivity index (χ1) is 12.5. The van der Waals surface area contributed by atoms with Gasteiger partial charge in [0.2, 0.25) is 0 Å². The van der Waals surface area contributed by atoms with Gasteiger partial charge in [0.1, 0.15) is 4.88 Å². The molecule has 0 amide bonds. The minimum atomic E-state index is -0.847. The molecule has 0 saturated heterocycles. The number of alkyl halides is 1. The standard InChI is InChI=1S/C21H33ClO3S/c1-2-3-4-5-6-7-10-17-16(18(22)14-19(17)23)11-8-9-15-12-13-20(26-15)21(24)25/h12-13,16-19,23H,2-11,14H2,1H3,(H,24,25). The molecule has 4 atom stereocenters. The van der Waals surface area contributed by atoms with Gasteiger partial charge in [0.15, 0.2) is 0 Å². The number of rotatable bonds is 12. The smallest absolute Gasteiger partial charge is 0.345 e. The maximum Gasteiger partial charge on any atom is 0.345 e. The highest BCUT2D eigenvalue weighted by atomic mass is 35.5. The Labute approximate surface area is 166 Å². The molecule has 0 radical (unpaired) electrons. The van der Waals surface area contributed by atoms with Crippen LogP contribution in [0.25, 0.3) is 0 Å². The van der Waals surface area contributed by atoms with Gasteiger partial charge in [-0.3, -0.25) is 0 Å².